The van der Waals surface area contributed by atoms with E-state index in [9.17, 15) is 4.79 Å². The number of carbonyl (C=O) groups is 1. The van der Waals surface area contributed by atoms with Crippen LogP contribution in [-0.2, 0) is 19.0 Å². The van der Waals surface area contributed by atoms with Gasteiger partial charge < -0.3 is 14.2 Å². The predicted octanol–water partition coefficient (Wildman–Crippen LogP) is 4.82. The van der Waals surface area contributed by atoms with Crippen LogP contribution in [0.5, 0.6) is 0 Å². The summed E-state index contributed by atoms with van der Waals surface area (Å²) in [4.78, 5) is 16.6. The van der Waals surface area contributed by atoms with E-state index in [0.717, 1.165) is 33.3 Å². The molecule has 5 nitrogen and oxygen atoms in total. The number of hydrogen-bond acceptors (Lipinski definition) is 5. The molecule has 1 atom stereocenters. The molecule has 1 aliphatic rings. The van der Waals surface area contributed by atoms with Crippen molar-refractivity contribution in [1.29, 1.82) is 0 Å². The van der Waals surface area contributed by atoms with Gasteiger partial charge in [-0.05, 0) is 25.1 Å². The second-order valence-corrected chi connectivity index (χ2v) is 6.77. The van der Waals surface area contributed by atoms with E-state index < -0.39 is 12.3 Å². The lowest BCUT2D eigenvalue weighted by Gasteiger charge is -2.29. The molecule has 29 heavy (non-hydrogen) atoms. The largest absolute Gasteiger partial charge is 0.466 e. The van der Waals surface area contributed by atoms with Gasteiger partial charge in [-0.15, -0.1) is 0 Å². The van der Waals surface area contributed by atoms with Gasteiger partial charge in [0.1, 0.15) is 5.76 Å². The average Bonchev–Trinajstić information content (AvgIpc) is 2.76. The number of esters is 1. The number of pyridine rings is 1. The Hall–Kier alpha value is -3.44. The van der Waals surface area contributed by atoms with Gasteiger partial charge in [0.15, 0.2) is 0 Å². The van der Waals surface area contributed by atoms with Gasteiger partial charge in [0, 0.05) is 35.3 Å². The fourth-order valence-corrected chi connectivity index (χ4v) is 3.35. The van der Waals surface area contributed by atoms with Gasteiger partial charge >= 0.3 is 5.97 Å². The second-order valence-electron chi connectivity index (χ2n) is 6.77. The van der Waals surface area contributed by atoms with Crippen LogP contribution < -0.4 is 0 Å². The lowest BCUT2D eigenvalue weighted by Crippen LogP contribution is -2.16. The van der Waals surface area contributed by atoms with Gasteiger partial charge in [-0.25, -0.2) is 9.78 Å². The SMILES string of the molecule is COC(=O)/C=C/C1=C(c2ccc(C)cc2)OC(OC)c2cc3ccccc3nc21. The molecule has 0 fully saturated rings. The molecule has 0 N–H and O–H groups in total. The third-order valence-corrected chi connectivity index (χ3v) is 4.85. The molecule has 0 aliphatic carbocycles. The van der Waals surface area contributed by atoms with E-state index in [4.69, 9.17) is 19.2 Å². The molecule has 0 amide bonds. The second kappa shape index (κ2) is 7.89. The van der Waals surface area contributed by atoms with Crippen LogP contribution in [0.15, 0.2) is 66.7 Å². The summed E-state index contributed by atoms with van der Waals surface area (Å²) in [7, 11) is 2.95. The number of para-hydroxylation sites is 1. The highest BCUT2D eigenvalue weighted by Gasteiger charge is 2.30. The summed E-state index contributed by atoms with van der Waals surface area (Å²) in [6.45, 7) is 2.03. The number of hydrogen-bond donors (Lipinski definition) is 0. The molecule has 146 valence electrons. The Kier molecular flexibility index (Phi) is 5.14. The van der Waals surface area contributed by atoms with E-state index in [1.54, 1.807) is 13.2 Å². The number of rotatable bonds is 4. The number of ether oxygens (including phenoxy) is 3. The van der Waals surface area contributed by atoms with Crippen molar-refractivity contribution in [2.75, 3.05) is 14.2 Å². The maximum atomic E-state index is 11.8. The van der Waals surface area contributed by atoms with Gasteiger partial charge in [0.05, 0.1) is 18.3 Å². The molecule has 0 saturated carbocycles. The first kappa shape index (κ1) is 18.9. The van der Waals surface area contributed by atoms with Crippen LogP contribution in [0.4, 0.5) is 0 Å². The van der Waals surface area contributed by atoms with Crippen LogP contribution in [0, 0.1) is 6.92 Å². The van der Waals surface area contributed by atoms with Gasteiger partial charge in [0.2, 0.25) is 6.29 Å². The van der Waals surface area contributed by atoms with Gasteiger partial charge in [-0.1, -0.05) is 48.0 Å². The van der Waals surface area contributed by atoms with Crippen molar-refractivity contribution in [1.82, 2.24) is 4.98 Å². The Morgan fingerprint density at radius 1 is 1.10 bits per heavy atom. The zero-order valence-corrected chi connectivity index (χ0v) is 16.5. The first-order valence-corrected chi connectivity index (χ1v) is 9.27. The lowest BCUT2D eigenvalue weighted by molar-refractivity contribution is -0.134. The average molecular weight is 387 g/mol. The molecule has 0 radical (unpaired) electrons. The summed E-state index contributed by atoms with van der Waals surface area (Å²) < 4.78 is 16.6. The fraction of sp³-hybridized carbons (Fsp3) is 0.167. The normalized spacial score (nSPS) is 16.0. The monoisotopic (exact) mass is 387 g/mol. The zero-order valence-electron chi connectivity index (χ0n) is 16.5. The summed E-state index contributed by atoms with van der Waals surface area (Å²) >= 11 is 0. The van der Waals surface area contributed by atoms with Crippen LogP contribution in [0.3, 0.4) is 0 Å². The first-order chi connectivity index (χ1) is 14.1. The zero-order chi connectivity index (χ0) is 20.4. The Bertz CT molecular complexity index is 1130. The van der Waals surface area contributed by atoms with Crippen molar-refractivity contribution in [2.45, 2.75) is 13.2 Å². The van der Waals surface area contributed by atoms with Gasteiger partial charge in [0.25, 0.3) is 0 Å². The van der Waals surface area contributed by atoms with Crippen LogP contribution >= 0.6 is 0 Å². The first-order valence-electron chi connectivity index (χ1n) is 9.27. The number of fused-ring (bicyclic) bond motifs is 2. The fourth-order valence-electron chi connectivity index (χ4n) is 3.35. The van der Waals surface area contributed by atoms with E-state index in [1.807, 2.05) is 61.5 Å². The molecule has 4 rings (SSSR count). The Balaban J connectivity index is 1.98. The third kappa shape index (κ3) is 3.65. The number of aryl methyl sites for hydroxylation is 1. The van der Waals surface area contributed by atoms with E-state index in [2.05, 4.69) is 0 Å². The number of methoxy groups -OCH3 is 2. The molecule has 1 aliphatic heterocycles. The van der Waals surface area contributed by atoms with Gasteiger partial charge in [-0.3, -0.25) is 0 Å². The quantitative estimate of drug-likeness (QED) is 0.475. The summed E-state index contributed by atoms with van der Waals surface area (Å²) in [6.07, 6.45) is 2.46. The smallest absolute Gasteiger partial charge is 0.330 e. The molecule has 2 aromatic carbocycles. The molecule has 1 unspecified atom stereocenters. The maximum absolute atomic E-state index is 11.8. The van der Waals surface area contributed by atoms with E-state index >= 15 is 0 Å². The minimum Gasteiger partial charge on any atom is -0.466 e. The van der Waals surface area contributed by atoms with Crippen LogP contribution in [-0.4, -0.2) is 25.2 Å². The molecule has 0 saturated heterocycles. The highest BCUT2D eigenvalue weighted by molar-refractivity contribution is 5.98. The summed E-state index contributed by atoms with van der Waals surface area (Å²) in [5.74, 6) is 0.157. The lowest BCUT2D eigenvalue weighted by atomic mass is 9.96. The summed E-state index contributed by atoms with van der Waals surface area (Å²) in [5.41, 5.74) is 5.11. The van der Waals surface area contributed by atoms with E-state index in [0.29, 0.717) is 11.3 Å². The molecule has 3 aromatic rings. The topological polar surface area (TPSA) is 57.7 Å². The molecule has 0 spiro atoms. The molecular formula is C24H21NO4. The highest BCUT2D eigenvalue weighted by Crippen LogP contribution is 2.42. The maximum Gasteiger partial charge on any atom is 0.330 e. The minimum atomic E-state index is -0.603. The Morgan fingerprint density at radius 2 is 1.86 bits per heavy atom. The number of allylic oxidation sites excluding steroid dienone is 2. The third-order valence-electron chi connectivity index (χ3n) is 4.85. The van der Waals surface area contributed by atoms with Crippen LogP contribution in [0.25, 0.3) is 22.2 Å². The van der Waals surface area contributed by atoms with Crippen molar-refractivity contribution in [3.8, 4) is 0 Å². The minimum absolute atomic E-state index is 0.447. The standard InChI is InChI=1S/C24H21NO4/c1-15-8-10-16(11-9-15)23-18(12-13-21(26)27-2)22-19(24(28-3)29-23)14-17-6-4-5-7-20(17)25-22/h4-14,24H,1-3H3/b13-12+. The number of benzene rings is 2. The van der Waals surface area contributed by atoms with Crippen molar-refractivity contribution in [3.05, 3.63) is 89.1 Å². The number of carbonyl (C=O) groups excluding carboxylic acids is 1. The van der Waals surface area contributed by atoms with Gasteiger partial charge in [-0.2, -0.15) is 0 Å². The summed E-state index contributed by atoms with van der Waals surface area (Å²) in [5, 5.41) is 0.993. The Morgan fingerprint density at radius 3 is 2.59 bits per heavy atom. The van der Waals surface area contributed by atoms with Crippen molar-refractivity contribution in [3.63, 3.8) is 0 Å². The Labute approximate surface area is 169 Å². The molecule has 5 heteroatoms. The van der Waals surface area contributed by atoms with Crippen LogP contribution in [0.1, 0.15) is 28.7 Å². The van der Waals surface area contributed by atoms with Crippen LogP contribution in [0.2, 0.25) is 0 Å². The highest BCUT2D eigenvalue weighted by atomic mass is 16.7. The number of aromatic nitrogens is 1. The van der Waals surface area contributed by atoms with E-state index in [-0.39, 0.29) is 0 Å². The molecule has 0 bridgehead atoms. The predicted molar refractivity (Wildman–Crippen MR) is 112 cm³/mol. The summed E-state index contributed by atoms with van der Waals surface area (Å²) in [6, 6.07) is 17.9. The van der Waals surface area contributed by atoms with Crippen molar-refractivity contribution in [2.24, 2.45) is 0 Å². The number of nitrogens with zero attached hydrogens (tertiary/aromatic N) is 1. The molecule has 1 aromatic heterocycles. The molecular weight excluding hydrogens is 366 g/mol. The molecule has 2 heterocycles. The van der Waals surface area contributed by atoms with Crippen molar-refractivity contribution < 1.29 is 19.0 Å². The van der Waals surface area contributed by atoms with E-state index in [1.165, 1.54) is 13.2 Å². The van der Waals surface area contributed by atoms with Crippen molar-refractivity contribution >= 4 is 28.2 Å².